The van der Waals surface area contributed by atoms with Crippen LogP contribution in [0, 0.1) is 5.41 Å². The second-order valence-electron chi connectivity index (χ2n) is 7.25. The summed E-state index contributed by atoms with van der Waals surface area (Å²) in [4.78, 5) is 30.7. The van der Waals surface area contributed by atoms with Gasteiger partial charge in [-0.15, -0.1) is 0 Å². The molecule has 0 spiro atoms. The standard InChI is InChI=1S/C23H23N5O2/c1-3-12-28-20(24)17(22(29)25-15(2)16-9-5-4-6-10-16)14-18-21(28)26-19-11-7-8-13-27(19)23(18)30/h4-11,13-15,24H,3,12H2,1-2H3,(H,25,29)/t15-/m1/s1. The highest BCUT2D eigenvalue weighted by molar-refractivity contribution is 5.97. The highest BCUT2D eigenvalue weighted by atomic mass is 16.1. The van der Waals surface area contributed by atoms with Crippen molar-refractivity contribution in [1.82, 2.24) is 19.3 Å². The van der Waals surface area contributed by atoms with Crippen LogP contribution in [0.5, 0.6) is 0 Å². The molecule has 2 N–H and O–H groups in total. The monoisotopic (exact) mass is 401 g/mol. The number of pyridine rings is 2. The third-order valence-corrected chi connectivity index (χ3v) is 5.16. The molecule has 4 aromatic rings. The first kappa shape index (κ1) is 19.6. The highest BCUT2D eigenvalue weighted by Gasteiger charge is 2.18. The Morgan fingerprint density at radius 1 is 1.17 bits per heavy atom. The summed E-state index contributed by atoms with van der Waals surface area (Å²) in [6.45, 7) is 4.36. The van der Waals surface area contributed by atoms with Crippen molar-refractivity contribution in [3.8, 4) is 0 Å². The Labute approximate surface area is 173 Å². The zero-order valence-electron chi connectivity index (χ0n) is 16.9. The van der Waals surface area contributed by atoms with Gasteiger partial charge in [0.05, 0.1) is 17.0 Å². The second-order valence-corrected chi connectivity index (χ2v) is 7.25. The number of amides is 1. The summed E-state index contributed by atoms with van der Waals surface area (Å²) in [5, 5.41) is 11.9. The molecule has 7 heteroatoms. The average molecular weight is 401 g/mol. The zero-order valence-corrected chi connectivity index (χ0v) is 16.9. The lowest BCUT2D eigenvalue weighted by molar-refractivity contribution is 0.0937. The first-order valence-electron chi connectivity index (χ1n) is 9.96. The molecule has 1 atom stereocenters. The summed E-state index contributed by atoms with van der Waals surface area (Å²) >= 11 is 0. The molecule has 152 valence electrons. The first-order valence-corrected chi connectivity index (χ1v) is 9.96. The maximum atomic E-state index is 13.1. The Morgan fingerprint density at radius 2 is 1.90 bits per heavy atom. The van der Waals surface area contributed by atoms with E-state index in [0.29, 0.717) is 23.2 Å². The molecule has 1 amide bonds. The van der Waals surface area contributed by atoms with Crippen molar-refractivity contribution >= 4 is 22.6 Å². The molecule has 7 nitrogen and oxygen atoms in total. The van der Waals surface area contributed by atoms with Gasteiger partial charge in [-0.05, 0) is 37.1 Å². The van der Waals surface area contributed by atoms with Crippen molar-refractivity contribution in [2.75, 3.05) is 0 Å². The van der Waals surface area contributed by atoms with E-state index in [-0.39, 0.29) is 28.6 Å². The number of aromatic nitrogens is 3. The van der Waals surface area contributed by atoms with Crippen LogP contribution >= 0.6 is 0 Å². The molecule has 3 aromatic heterocycles. The average Bonchev–Trinajstić information content (AvgIpc) is 2.76. The van der Waals surface area contributed by atoms with Crippen molar-refractivity contribution in [3.05, 3.63) is 87.8 Å². The number of rotatable bonds is 5. The number of carbonyl (C=O) groups is 1. The van der Waals surface area contributed by atoms with Gasteiger partial charge in [0.15, 0.2) is 0 Å². The number of hydrogen-bond acceptors (Lipinski definition) is 4. The number of fused-ring (bicyclic) bond motifs is 2. The van der Waals surface area contributed by atoms with Crippen LogP contribution in [0.2, 0.25) is 0 Å². The zero-order chi connectivity index (χ0) is 21.3. The predicted octanol–water partition coefficient (Wildman–Crippen LogP) is 3.03. The molecule has 0 aliphatic carbocycles. The van der Waals surface area contributed by atoms with Crippen molar-refractivity contribution < 1.29 is 4.79 Å². The highest BCUT2D eigenvalue weighted by Crippen LogP contribution is 2.14. The van der Waals surface area contributed by atoms with Crippen LogP contribution in [0.1, 0.15) is 42.2 Å². The molecule has 0 unspecified atom stereocenters. The van der Waals surface area contributed by atoms with E-state index in [1.807, 2.05) is 50.2 Å². The van der Waals surface area contributed by atoms with E-state index < -0.39 is 0 Å². The van der Waals surface area contributed by atoms with Crippen molar-refractivity contribution in [2.45, 2.75) is 32.9 Å². The van der Waals surface area contributed by atoms with Crippen LogP contribution in [0.15, 0.2) is 65.6 Å². The summed E-state index contributed by atoms with van der Waals surface area (Å²) in [6.07, 6.45) is 2.40. The van der Waals surface area contributed by atoms with Crippen LogP contribution in [-0.2, 0) is 6.54 Å². The molecule has 0 radical (unpaired) electrons. The molecule has 0 saturated heterocycles. The molecule has 0 bridgehead atoms. The van der Waals surface area contributed by atoms with Gasteiger partial charge in [0.25, 0.3) is 11.5 Å². The van der Waals surface area contributed by atoms with E-state index in [9.17, 15) is 9.59 Å². The van der Waals surface area contributed by atoms with E-state index in [2.05, 4.69) is 10.3 Å². The molecule has 1 aromatic carbocycles. The molecular formula is C23H23N5O2. The van der Waals surface area contributed by atoms with Crippen molar-refractivity contribution in [1.29, 1.82) is 5.41 Å². The SMILES string of the molecule is CCCn1c(=N)c(C(=O)N[C@H](C)c2ccccc2)cc2c(=O)n3ccccc3nc21. The van der Waals surface area contributed by atoms with E-state index in [0.717, 1.165) is 12.0 Å². The minimum Gasteiger partial charge on any atom is -0.345 e. The number of nitrogens with one attached hydrogen (secondary N) is 2. The molecule has 0 fully saturated rings. The fourth-order valence-electron chi connectivity index (χ4n) is 3.60. The van der Waals surface area contributed by atoms with Gasteiger partial charge >= 0.3 is 0 Å². The van der Waals surface area contributed by atoms with Gasteiger partial charge in [-0.25, -0.2) is 4.98 Å². The quantitative estimate of drug-likeness (QED) is 0.504. The van der Waals surface area contributed by atoms with Gasteiger partial charge in [0.1, 0.15) is 16.8 Å². The Kier molecular flexibility index (Phi) is 5.18. The topological polar surface area (TPSA) is 92.2 Å². The Hall–Kier alpha value is -3.74. The molecule has 0 aliphatic heterocycles. The van der Waals surface area contributed by atoms with Gasteiger partial charge in [-0.3, -0.25) is 19.4 Å². The molecule has 0 saturated carbocycles. The largest absolute Gasteiger partial charge is 0.345 e. The van der Waals surface area contributed by atoms with Crippen LogP contribution in [0.25, 0.3) is 16.7 Å². The molecule has 0 aliphatic rings. The lowest BCUT2D eigenvalue weighted by atomic mass is 10.1. The minimum absolute atomic E-state index is 0.0503. The fourth-order valence-corrected chi connectivity index (χ4v) is 3.60. The van der Waals surface area contributed by atoms with Gasteiger partial charge < -0.3 is 9.88 Å². The summed E-state index contributed by atoms with van der Waals surface area (Å²) in [5.41, 5.74) is 1.85. The number of carbonyl (C=O) groups excluding carboxylic acids is 1. The van der Waals surface area contributed by atoms with E-state index >= 15 is 0 Å². The molecule has 4 rings (SSSR count). The van der Waals surface area contributed by atoms with Gasteiger partial charge in [0.2, 0.25) is 0 Å². The van der Waals surface area contributed by atoms with E-state index in [1.165, 1.54) is 10.5 Å². The number of hydrogen-bond donors (Lipinski definition) is 2. The Morgan fingerprint density at radius 3 is 2.63 bits per heavy atom. The first-order chi connectivity index (χ1) is 14.5. The third-order valence-electron chi connectivity index (χ3n) is 5.16. The van der Waals surface area contributed by atoms with Crippen molar-refractivity contribution in [2.24, 2.45) is 0 Å². The fraction of sp³-hybridized carbons (Fsp3) is 0.217. The molecule has 30 heavy (non-hydrogen) atoms. The third kappa shape index (κ3) is 3.39. The normalized spacial score (nSPS) is 12.2. The van der Waals surface area contributed by atoms with Crippen LogP contribution < -0.4 is 16.4 Å². The lowest BCUT2D eigenvalue weighted by Gasteiger charge is -2.17. The predicted molar refractivity (Wildman–Crippen MR) is 115 cm³/mol. The van der Waals surface area contributed by atoms with Crippen LogP contribution in [0.4, 0.5) is 0 Å². The molecular weight excluding hydrogens is 378 g/mol. The Bertz CT molecular complexity index is 1360. The number of aryl methyl sites for hydroxylation is 1. The number of benzene rings is 1. The summed E-state index contributed by atoms with van der Waals surface area (Å²) in [6, 6.07) is 16.2. The minimum atomic E-state index is -0.388. The van der Waals surface area contributed by atoms with Crippen molar-refractivity contribution in [3.63, 3.8) is 0 Å². The molecule has 3 heterocycles. The summed E-state index contributed by atoms with van der Waals surface area (Å²) < 4.78 is 3.10. The lowest BCUT2D eigenvalue weighted by Crippen LogP contribution is -2.36. The van der Waals surface area contributed by atoms with Gasteiger partial charge in [-0.1, -0.05) is 43.3 Å². The smallest absolute Gasteiger partial charge is 0.267 e. The summed E-state index contributed by atoms with van der Waals surface area (Å²) in [7, 11) is 0. The maximum Gasteiger partial charge on any atom is 0.267 e. The second kappa shape index (κ2) is 7.94. The van der Waals surface area contributed by atoms with E-state index in [4.69, 9.17) is 5.41 Å². The van der Waals surface area contributed by atoms with Crippen LogP contribution in [0.3, 0.4) is 0 Å². The van der Waals surface area contributed by atoms with E-state index in [1.54, 1.807) is 22.9 Å². The van der Waals surface area contributed by atoms with Gasteiger partial charge in [0, 0.05) is 12.7 Å². The summed E-state index contributed by atoms with van der Waals surface area (Å²) in [5.74, 6) is -0.388. The maximum absolute atomic E-state index is 13.1. The van der Waals surface area contributed by atoms with Crippen LogP contribution in [-0.4, -0.2) is 19.9 Å². The van der Waals surface area contributed by atoms with Gasteiger partial charge in [-0.2, -0.15) is 0 Å². The number of nitrogens with zero attached hydrogens (tertiary/aromatic N) is 3. The Balaban J connectivity index is 1.87.